The molecule has 1 rings (SSSR count). The Morgan fingerprint density at radius 3 is 2.46 bits per heavy atom. The van der Waals surface area contributed by atoms with E-state index in [0.717, 1.165) is 23.3 Å². The highest BCUT2D eigenvalue weighted by Crippen LogP contribution is 2.51. The molecular formula is C21H30O3. The molecule has 3 heteroatoms. The quantitative estimate of drug-likeness (QED) is 0.473. The number of hydrogen-bond donors (Lipinski definition) is 0. The van der Waals surface area contributed by atoms with Gasteiger partial charge in [-0.15, -0.1) is 13.2 Å². The van der Waals surface area contributed by atoms with Crippen molar-refractivity contribution in [1.82, 2.24) is 0 Å². The van der Waals surface area contributed by atoms with E-state index in [1.54, 1.807) is 7.11 Å². The number of allylic oxidation sites excluding steroid dienone is 2. The lowest BCUT2D eigenvalue weighted by Gasteiger charge is -2.45. The second kappa shape index (κ2) is 8.18. The van der Waals surface area contributed by atoms with E-state index in [-0.39, 0.29) is 17.8 Å². The lowest BCUT2D eigenvalue weighted by Crippen LogP contribution is -2.42. The first kappa shape index (κ1) is 20.0. The summed E-state index contributed by atoms with van der Waals surface area (Å²) >= 11 is 0. The van der Waals surface area contributed by atoms with E-state index < -0.39 is 5.41 Å². The van der Waals surface area contributed by atoms with Gasteiger partial charge in [0.05, 0.1) is 20.1 Å². The smallest absolute Gasteiger partial charge is 0.307 e. The van der Waals surface area contributed by atoms with Gasteiger partial charge in [0, 0.05) is 11.0 Å². The summed E-state index contributed by atoms with van der Waals surface area (Å²) in [6.45, 7) is 16.4. The molecule has 0 bridgehead atoms. The first-order chi connectivity index (χ1) is 11.3. The van der Waals surface area contributed by atoms with E-state index in [1.807, 2.05) is 38.1 Å². The van der Waals surface area contributed by atoms with E-state index in [2.05, 4.69) is 33.1 Å². The molecule has 0 heterocycles. The highest BCUT2D eigenvalue weighted by atomic mass is 16.5. The Balaban J connectivity index is 3.63. The zero-order valence-corrected chi connectivity index (χ0v) is 15.6. The number of hydrogen-bond acceptors (Lipinski definition) is 3. The Morgan fingerprint density at radius 2 is 1.96 bits per heavy atom. The zero-order chi connectivity index (χ0) is 18.4. The lowest BCUT2D eigenvalue weighted by atomic mass is 9.58. The Labute approximate surface area is 146 Å². The van der Waals surface area contributed by atoms with Crippen molar-refractivity contribution in [2.45, 2.75) is 46.0 Å². The van der Waals surface area contributed by atoms with Crippen LogP contribution in [0.1, 0.15) is 44.7 Å². The van der Waals surface area contributed by atoms with Gasteiger partial charge >= 0.3 is 5.97 Å². The third-order valence-electron chi connectivity index (χ3n) is 4.77. The third-order valence-corrected chi connectivity index (χ3v) is 4.77. The van der Waals surface area contributed by atoms with Crippen molar-refractivity contribution in [3.05, 3.63) is 54.6 Å². The van der Waals surface area contributed by atoms with Crippen molar-refractivity contribution in [2.24, 2.45) is 5.41 Å². The molecule has 0 aromatic heterocycles. The second-order valence-electron chi connectivity index (χ2n) is 6.74. The molecule has 1 atom stereocenters. The predicted molar refractivity (Wildman–Crippen MR) is 99.5 cm³/mol. The predicted octanol–water partition coefficient (Wildman–Crippen LogP) is 4.98. The summed E-state index contributed by atoms with van der Waals surface area (Å²) in [5.41, 5.74) is 1.16. The van der Waals surface area contributed by atoms with Crippen LogP contribution < -0.4 is 4.74 Å². The molecule has 0 amide bonds. The minimum atomic E-state index is -0.620. The number of benzene rings is 1. The van der Waals surface area contributed by atoms with E-state index >= 15 is 0 Å². The summed E-state index contributed by atoms with van der Waals surface area (Å²) in [4.78, 5) is 12.4. The van der Waals surface area contributed by atoms with Crippen molar-refractivity contribution >= 4 is 5.97 Å². The molecular weight excluding hydrogens is 300 g/mol. The molecule has 0 aliphatic rings. The topological polar surface area (TPSA) is 35.5 Å². The van der Waals surface area contributed by atoms with Gasteiger partial charge in [-0.05, 0) is 31.7 Å². The van der Waals surface area contributed by atoms with Crippen molar-refractivity contribution in [3.63, 3.8) is 0 Å². The molecule has 3 nitrogen and oxygen atoms in total. The van der Waals surface area contributed by atoms with E-state index in [9.17, 15) is 4.79 Å². The largest absolute Gasteiger partial charge is 0.496 e. The number of ether oxygens (including phenoxy) is 2. The third kappa shape index (κ3) is 3.89. The second-order valence-corrected chi connectivity index (χ2v) is 6.74. The van der Waals surface area contributed by atoms with Gasteiger partial charge in [-0.2, -0.15) is 0 Å². The number of carbonyl (C=O) groups is 1. The number of aryl methyl sites for hydroxylation is 1. The number of carbonyl (C=O) groups excluding carboxylic acids is 1. The van der Waals surface area contributed by atoms with Crippen molar-refractivity contribution in [1.29, 1.82) is 0 Å². The SMILES string of the molecule is C=CCC(C)(C)C(C=C)(CC(=O)OCC)c1cc(C)ccc1OC. The lowest BCUT2D eigenvalue weighted by molar-refractivity contribution is -0.145. The Bertz CT molecular complexity index is 601. The van der Waals surface area contributed by atoms with Crippen molar-refractivity contribution < 1.29 is 14.3 Å². The molecule has 0 aliphatic carbocycles. The van der Waals surface area contributed by atoms with Crippen LogP contribution in [-0.2, 0) is 14.9 Å². The molecule has 24 heavy (non-hydrogen) atoms. The summed E-state index contributed by atoms with van der Waals surface area (Å²) in [6.07, 6.45) is 4.69. The van der Waals surface area contributed by atoms with E-state index in [4.69, 9.17) is 9.47 Å². The maximum atomic E-state index is 12.4. The van der Waals surface area contributed by atoms with Crippen molar-refractivity contribution in [2.75, 3.05) is 13.7 Å². The first-order valence-electron chi connectivity index (χ1n) is 8.33. The Kier molecular flexibility index (Phi) is 6.82. The van der Waals surface area contributed by atoms with E-state index in [0.29, 0.717) is 6.61 Å². The monoisotopic (exact) mass is 330 g/mol. The van der Waals surface area contributed by atoms with Crippen LogP contribution in [0.15, 0.2) is 43.5 Å². The van der Waals surface area contributed by atoms with Gasteiger partial charge in [-0.1, -0.05) is 43.7 Å². The zero-order valence-electron chi connectivity index (χ0n) is 15.6. The Hall–Kier alpha value is -2.03. The molecule has 0 saturated heterocycles. The van der Waals surface area contributed by atoms with Crippen LogP contribution in [-0.4, -0.2) is 19.7 Å². The summed E-state index contributed by atoms with van der Waals surface area (Å²) in [5, 5.41) is 0. The summed E-state index contributed by atoms with van der Waals surface area (Å²) in [7, 11) is 1.65. The van der Waals surface area contributed by atoms with Crippen LogP contribution >= 0.6 is 0 Å². The number of rotatable bonds is 9. The average Bonchev–Trinajstić information content (AvgIpc) is 2.52. The molecule has 0 radical (unpaired) electrons. The highest BCUT2D eigenvalue weighted by Gasteiger charge is 2.46. The molecule has 132 valence electrons. The fourth-order valence-corrected chi connectivity index (χ4v) is 3.31. The van der Waals surface area contributed by atoms with Crippen LogP contribution in [0.5, 0.6) is 5.75 Å². The molecule has 0 N–H and O–H groups in total. The van der Waals surface area contributed by atoms with E-state index in [1.165, 1.54) is 0 Å². The van der Waals surface area contributed by atoms with Gasteiger partial charge < -0.3 is 9.47 Å². The van der Waals surface area contributed by atoms with Gasteiger partial charge in [0.15, 0.2) is 0 Å². The van der Waals surface area contributed by atoms with Gasteiger partial charge in [-0.25, -0.2) is 0 Å². The average molecular weight is 330 g/mol. The van der Waals surface area contributed by atoms with Gasteiger partial charge in [0.2, 0.25) is 0 Å². The number of esters is 1. The normalized spacial score (nSPS) is 13.7. The van der Waals surface area contributed by atoms with Gasteiger partial charge in [-0.3, -0.25) is 4.79 Å². The molecule has 1 aromatic rings. The van der Waals surface area contributed by atoms with Gasteiger partial charge in [0.1, 0.15) is 5.75 Å². The van der Waals surface area contributed by atoms with Crippen LogP contribution in [0.25, 0.3) is 0 Å². The maximum Gasteiger partial charge on any atom is 0.307 e. The maximum absolute atomic E-state index is 12.4. The molecule has 0 aliphatic heterocycles. The van der Waals surface area contributed by atoms with Crippen LogP contribution in [0, 0.1) is 12.3 Å². The highest BCUT2D eigenvalue weighted by molar-refractivity contribution is 5.73. The molecule has 1 aromatic carbocycles. The minimum Gasteiger partial charge on any atom is -0.496 e. The Morgan fingerprint density at radius 1 is 1.29 bits per heavy atom. The van der Waals surface area contributed by atoms with Crippen LogP contribution in [0.3, 0.4) is 0 Å². The molecule has 0 spiro atoms. The van der Waals surface area contributed by atoms with Crippen LogP contribution in [0.4, 0.5) is 0 Å². The summed E-state index contributed by atoms with van der Waals surface area (Å²) in [6, 6.07) is 6.02. The van der Waals surface area contributed by atoms with Crippen LogP contribution in [0.2, 0.25) is 0 Å². The minimum absolute atomic E-state index is 0.213. The molecule has 0 saturated carbocycles. The first-order valence-corrected chi connectivity index (χ1v) is 8.33. The molecule has 0 fully saturated rings. The van der Waals surface area contributed by atoms with Gasteiger partial charge in [0.25, 0.3) is 0 Å². The summed E-state index contributed by atoms with van der Waals surface area (Å²) in [5.74, 6) is 0.514. The molecule has 1 unspecified atom stereocenters. The van der Waals surface area contributed by atoms with Crippen molar-refractivity contribution in [3.8, 4) is 5.75 Å². The fourth-order valence-electron chi connectivity index (χ4n) is 3.31. The fraction of sp³-hybridized carbons (Fsp3) is 0.476. The standard InChI is InChI=1S/C21H30O3/c1-8-13-20(5,6)21(9-2,15-19(22)24-10-3)17-14-16(4)11-12-18(17)23-7/h8-9,11-12,14H,1-2,10,13,15H2,3-7H3. The number of methoxy groups -OCH3 is 1. The summed E-state index contributed by atoms with van der Waals surface area (Å²) < 4.78 is 10.8.